The van der Waals surface area contributed by atoms with Gasteiger partial charge in [0.15, 0.2) is 0 Å². The summed E-state index contributed by atoms with van der Waals surface area (Å²) in [6.45, 7) is 8.38. The van der Waals surface area contributed by atoms with E-state index in [1.807, 2.05) is 32.9 Å². The van der Waals surface area contributed by atoms with Crippen LogP contribution in [0.2, 0.25) is 0 Å². The van der Waals surface area contributed by atoms with Crippen molar-refractivity contribution in [3.05, 3.63) is 52.3 Å². The minimum atomic E-state index is -0.195. The van der Waals surface area contributed by atoms with Gasteiger partial charge in [-0.25, -0.2) is 0 Å². The van der Waals surface area contributed by atoms with Gasteiger partial charge in [0.2, 0.25) is 5.91 Å². The van der Waals surface area contributed by atoms with Crippen molar-refractivity contribution in [1.82, 2.24) is 15.5 Å². The molecule has 4 nitrogen and oxygen atoms in total. The van der Waals surface area contributed by atoms with Gasteiger partial charge < -0.3 is 5.32 Å². The van der Waals surface area contributed by atoms with E-state index in [0.717, 1.165) is 22.5 Å². The summed E-state index contributed by atoms with van der Waals surface area (Å²) in [6.07, 6.45) is 0. The van der Waals surface area contributed by atoms with Crippen LogP contribution in [0, 0.1) is 20.8 Å². The number of hydrogen-bond acceptors (Lipinski definition) is 2. The molecule has 20 heavy (non-hydrogen) atoms. The molecule has 4 heteroatoms. The van der Waals surface area contributed by atoms with Gasteiger partial charge in [0.05, 0.1) is 11.6 Å². The number of nitrogens with zero attached hydrogens (tertiary/aromatic N) is 1. The quantitative estimate of drug-likeness (QED) is 0.898. The van der Waals surface area contributed by atoms with Crippen LogP contribution in [0.4, 0.5) is 0 Å². The van der Waals surface area contributed by atoms with Crippen LogP contribution in [0.5, 0.6) is 0 Å². The summed E-state index contributed by atoms with van der Waals surface area (Å²) in [5, 5.41) is 10.0. The molecule has 0 aliphatic heterocycles. The average molecular weight is 271 g/mol. The molecular weight excluding hydrogens is 250 g/mol. The number of amides is 1. The number of aromatic amines is 1. The molecule has 2 rings (SSSR count). The van der Waals surface area contributed by atoms with Gasteiger partial charge in [-0.3, -0.25) is 9.89 Å². The fourth-order valence-corrected chi connectivity index (χ4v) is 2.38. The van der Waals surface area contributed by atoms with Crippen molar-refractivity contribution in [1.29, 1.82) is 0 Å². The molecule has 0 spiro atoms. The van der Waals surface area contributed by atoms with Crippen LogP contribution in [0.1, 0.15) is 40.9 Å². The van der Waals surface area contributed by atoms with Crippen LogP contribution in [-0.4, -0.2) is 16.1 Å². The Kier molecular flexibility index (Phi) is 4.23. The van der Waals surface area contributed by atoms with Crippen LogP contribution in [0.3, 0.4) is 0 Å². The second-order valence-electron chi connectivity index (χ2n) is 5.27. The molecule has 0 fully saturated rings. The fraction of sp³-hybridized carbons (Fsp3) is 0.375. The second kappa shape index (κ2) is 5.90. The van der Waals surface area contributed by atoms with E-state index >= 15 is 0 Å². The summed E-state index contributed by atoms with van der Waals surface area (Å²) >= 11 is 0. The van der Waals surface area contributed by atoms with Crippen LogP contribution in [-0.2, 0) is 11.3 Å². The van der Waals surface area contributed by atoms with Crippen LogP contribution in [0.25, 0.3) is 0 Å². The molecule has 1 atom stereocenters. The molecule has 1 aromatic heterocycles. The highest BCUT2D eigenvalue weighted by molar-refractivity contribution is 5.83. The third-order valence-electron chi connectivity index (χ3n) is 3.60. The molecule has 0 saturated heterocycles. The lowest BCUT2D eigenvalue weighted by Crippen LogP contribution is -2.28. The number of H-pyrrole nitrogens is 1. The molecule has 0 bridgehead atoms. The topological polar surface area (TPSA) is 57.8 Å². The average Bonchev–Trinajstić information content (AvgIpc) is 2.76. The molecule has 1 aromatic carbocycles. The molecule has 1 heterocycles. The standard InChI is InChI=1S/C16H21N3O/c1-10-5-7-14(8-6-10)9-17-16(20)11(2)15-12(3)18-19-13(15)4/h5-8,11H,9H2,1-4H3,(H,17,20)(H,18,19). The fourth-order valence-electron chi connectivity index (χ4n) is 2.38. The minimum absolute atomic E-state index is 0.0261. The first kappa shape index (κ1) is 14.3. The SMILES string of the molecule is Cc1ccc(CNC(=O)C(C)c2c(C)n[nH]c2C)cc1. The highest BCUT2D eigenvalue weighted by Gasteiger charge is 2.20. The number of carbonyl (C=O) groups excluding carboxylic acids is 1. The molecule has 2 N–H and O–H groups in total. The monoisotopic (exact) mass is 271 g/mol. The third-order valence-corrected chi connectivity index (χ3v) is 3.60. The van der Waals surface area contributed by atoms with Crippen molar-refractivity contribution in [3.63, 3.8) is 0 Å². The van der Waals surface area contributed by atoms with E-state index < -0.39 is 0 Å². The molecule has 0 aliphatic carbocycles. The van der Waals surface area contributed by atoms with E-state index in [1.165, 1.54) is 5.56 Å². The summed E-state index contributed by atoms with van der Waals surface area (Å²) in [6, 6.07) is 8.17. The summed E-state index contributed by atoms with van der Waals surface area (Å²) in [4.78, 5) is 12.2. The number of rotatable bonds is 4. The van der Waals surface area contributed by atoms with E-state index in [4.69, 9.17) is 0 Å². The van der Waals surface area contributed by atoms with Crippen molar-refractivity contribution in [2.45, 2.75) is 40.2 Å². The molecule has 0 saturated carbocycles. The van der Waals surface area contributed by atoms with Gasteiger partial charge in [0.1, 0.15) is 0 Å². The maximum atomic E-state index is 12.2. The van der Waals surface area contributed by atoms with Gasteiger partial charge in [-0.1, -0.05) is 29.8 Å². The zero-order chi connectivity index (χ0) is 14.7. The van der Waals surface area contributed by atoms with Crippen LogP contribution in [0.15, 0.2) is 24.3 Å². The zero-order valence-corrected chi connectivity index (χ0v) is 12.4. The number of carbonyl (C=O) groups is 1. The minimum Gasteiger partial charge on any atom is -0.352 e. The van der Waals surface area contributed by atoms with Crippen molar-refractivity contribution in [2.24, 2.45) is 0 Å². The van der Waals surface area contributed by atoms with E-state index in [9.17, 15) is 4.79 Å². The molecule has 106 valence electrons. The first-order valence-electron chi connectivity index (χ1n) is 6.83. The van der Waals surface area contributed by atoms with Crippen molar-refractivity contribution in [2.75, 3.05) is 0 Å². The lowest BCUT2D eigenvalue weighted by Gasteiger charge is -2.13. The van der Waals surface area contributed by atoms with Crippen LogP contribution >= 0.6 is 0 Å². The first-order chi connectivity index (χ1) is 9.49. The smallest absolute Gasteiger partial charge is 0.227 e. The number of benzene rings is 1. The Labute approximate surface area is 119 Å². The predicted molar refractivity (Wildman–Crippen MR) is 79.5 cm³/mol. The molecule has 1 unspecified atom stereocenters. The van der Waals surface area contributed by atoms with Gasteiger partial charge >= 0.3 is 0 Å². The van der Waals surface area contributed by atoms with Gasteiger partial charge in [-0.2, -0.15) is 5.10 Å². The zero-order valence-electron chi connectivity index (χ0n) is 12.4. The Morgan fingerprint density at radius 3 is 2.45 bits per heavy atom. The van der Waals surface area contributed by atoms with Gasteiger partial charge in [-0.15, -0.1) is 0 Å². The van der Waals surface area contributed by atoms with E-state index in [2.05, 4.69) is 34.6 Å². The number of hydrogen-bond donors (Lipinski definition) is 2. The Morgan fingerprint density at radius 1 is 1.25 bits per heavy atom. The predicted octanol–water partition coefficient (Wildman–Crippen LogP) is 2.75. The van der Waals surface area contributed by atoms with Crippen molar-refractivity contribution >= 4 is 5.91 Å². The largest absolute Gasteiger partial charge is 0.352 e. The molecule has 2 aromatic rings. The third kappa shape index (κ3) is 3.07. The van der Waals surface area contributed by atoms with Gasteiger partial charge in [-0.05, 0) is 33.3 Å². The normalized spacial score (nSPS) is 12.2. The number of aromatic nitrogens is 2. The lowest BCUT2D eigenvalue weighted by atomic mass is 9.98. The van der Waals surface area contributed by atoms with Gasteiger partial charge in [0.25, 0.3) is 0 Å². The first-order valence-corrected chi connectivity index (χ1v) is 6.83. The summed E-state index contributed by atoms with van der Waals surface area (Å²) in [7, 11) is 0. The Balaban J connectivity index is 2.00. The van der Waals surface area contributed by atoms with E-state index in [-0.39, 0.29) is 11.8 Å². The molecule has 0 aliphatic rings. The molecule has 1 amide bonds. The Morgan fingerprint density at radius 2 is 1.90 bits per heavy atom. The summed E-state index contributed by atoms with van der Waals surface area (Å²) in [5.41, 5.74) is 5.17. The van der Waals surface area contributed by atoms with Crippen molar-refractivity contribution < 1.29 is 4.79 Å². The van der Waals surface area contributed by atoms with Crippen molar-refractivity contribution in [3.8, 4) is 0 Å². The van der Waals surface area contributed by atoms with Crippen LogP contribution < -0.4 is 5.32 Å². The van der Waals surface area contributed by atoms with E-state index in [0.29, 0.717) is 6.54 Å². The lowest BCUT2D eigenvalue weighted by molar-refractivity contribution is -0.122. The molecular formula is C16H21N3O. The highest BCUT2D eigenvalue weighted by Crippen LogP contribution is 2.21. The summed E-state index contributed by atoms with van der Waals surface area (Å²) in [5.74, 6) is -0.169. The van der Waals surface area contributed by atoms with E-state index in [1.54, 1.807) is 0 Å². The maximum Gasteiger partial charge on any atom is 0.227 e. The number of nitrogens with one attached hydrogen (secondary N) is 2. The molecule has 0 radical (unpaired) electrons. The highest BCUT2D eigenvalue weighted by atomic mass is 16.1. The summed E-state index contributed by atoms with van der Waals surface area (Å²) < 4.78 is 0. The van der Waals surface area contributed by atoms with Gasteiger partial charge in [0, 0.05) is 17.8 Å². The number of aryl methyl sites for hydroxylation is 3. The Hall–Kier alpha value is -2.10. The second-order valence-corrected chi connectivity index (χ2v) is 5.27. The Bertz CT molecular complexity index is 579. The maximum absolute atomic E-state index is 12.2.